The van der Waals surface area contributed by atoms with E-state index < -0.39 is 16.8 Å². The minimum atomic E-state index is -0.909. The molecule has 36 atom stereocenters. The SMILES string of the molecule is C#CC1(O)CCC2C3CCC4=Cc5oncc5CC4(C)C3CCC21C.CC12CCC(=O)C=C1CCC1C2CCC2(C)C(O)CCC12.CC12CCC(=O)C=C1CCC1C2CCC2(C)C(OC(=O)CCC3CCCC3)CCC12.CC12CCC(=O)C=C1CCC1C2CCC2(C)C1CCC2(C)O.CC12CCC3C4CCC(=O)C=C4CCC3C1CCC2O.CC12COC(=O)C=C1CCC1C2CCC2(C)C1CCC2(C)O. The number of allylic oxidation sites excluding steroid dienone is 5. The number of rotatable bonds is 4. The predicted octanol–water partition coefficient (Wildman–Crippen LogP) is 25.7. The molecule has 0 saturated heterocycles. The minimum absolute atomic E-state index is 0.0343. The highest BCUT2D eigenvalue weighted by Gasteiger charge is 2.69. The molecule has 5 N–H and O–H groups in total. The van der Waals surface area contributed by atoms with Crippen LogP contribution in [0.1, 0.15) is 422 Å². The highest BCUT2D eigenvalue weighted by Crippen LogP contribution is 2.74. The van der Waals surface area contributed by atoms with Crippen molar-refractivity contribution in [2.75, 3.05) is 6.61 Å². The Morgan fingerprint density at radius 2 is 0.800 bits per heavy atom. The van der Waals surface area contributed by atoms with Gasteiger partial charge in [-0.3, -0.25) is 24.0 Å². The molecule has 0 spiro atoms. The Balaban J connectivity index is 0.000000100. The van der Waals surface area contributed by atoms with Gasteiger partial charge in [-0.15, -0.1) is 6.42 Å². The van der Waals surface area contributed by atoms with E-state index in [9.17, 15) is 54.3 Å². The molecule has 2 heterocycles. The summed E-state index contributed by atoms with van der Waals surface area (Å²) in [7, 11) is 0. The van der Waals surface area contributed by atoms with Crippen LogP contribution >= 0.6 is 0 Å². The molecule has 0 radical (unpaired) electrons. The van der Waals surface area contributed by atoms with E-state index in [1.54, 1.807) is 11.6 Å². The number of hydrogen-bond donors (Lipinski definition) is 5. The van der Waals surface area contributed by atoms with Gasteiger partial charge in [0.05, 0.1) is 29.6 Å². The molecule has 15 heteroatoms. The smallest absolute Gasteiger partial charge is 0.330 e. The molecule has 19 saturated carbocycles. The first-order valence-electron chi connectivity index (χ1n) is 58.1. The van der Waals surface area contributed by atoms with Crippen LogP contribution in [0.5, 0.6) is 0 Å². The summed E-state index contributed by atoms with van der Waals surface area (Å²) in [6.45, 7) is 30.7. The van der Waals surface area contributed by atoms with Crippen LogP contribution in [0.4, 0.5) is 0 Å². The van der Waals surface area contributed by atoms with Crippen LogP contribution in [-0.2, 0) is 44.7 Å². The van der Waals surface area contributed by atoms with Crippen molar-refractivity contribution in [3.8, 4) is 12.3 Å². The van der Waals surface area contributed by atoms with Gasteiger partial charge in [-0.05, 0) is 476 Å². The lowest BCUT2D eigenvalue weighted by Gasteiger charge is -2.58. The van der Waals surface area contributed by atoms with Crippen molar-refractivity contribution < 1.29 is 68.3 Å². The minimum Gasteiger partial charge on any atom is -0.462 e. The Morgan fingerprint density at radius 3 is 1.33 bits per heavy atom. The fourth-order valence-corrected chi connectivity index (χ4v) is 41.6. The van der Waals surface area contributed by atoms with Crippen molar-refractivity contribution in [3.63, 3.8) is 0 Å². The fourth-order valence-electron chi connectivity index (χ4n) is 41.6. The third-order valence-electron chi connectivity index (χ3n) is 50.8. The number of nitrogens with zero attached hydrogens (tertiary/aromatic N) is 1. The van der Waals surface area contributed by atoms with Crippen molar-refractivity contribution in [2.24, 2.45) is 178 Å². The van der Waals surface area contributed by atoms with Gasteiger partial charge in [0.1, 0.15) is 18.3 Å². The number of aromatic nitrogens is 1. The topological polar surface area (TPSA) is 248 Å². The van der Waals surface area contributed by atoms with Crippen LogP contribution in [0.25, 0.3) is 6.08 Å². The maximum absolute atomic E-state index is 12.7. The van der Waals surface area contributed by atoms with E-state index >= 15 is 0 Å². The molecule has 24 aliphatic carbocycles. The van der Waals surface area contributed by atoms with Crippen molar-refractivity contribution in [2.45, 2.75) is 453 Å². The Kier molecular flexibility index (Phi) is 26.2. The lowest BCUT2D eigenvalue weighted by molar-refractivity contribution is -0.160. The van der Waals surface area contributed by atoms with Gasteiger partial charge < -0.3 is 39.5 Å². The number of hydrogen-bond acceptors (Lipinski definition) is 15. The summed E-state index contributed by atoms with van der Waals surface area (Å²) in [5, 5.41) is 57.7. The first kappa shape index (κ1) is 101. The van der Waals surface area contributed by atoms with E-state index in [1.165, 1.54) is 168 Å². The first-order valence-corrected chi connectivity index (χ1v) is 58.1. The number of ketones is 4. The number of ether oxygens (including phenoxy) is 2. The first-order chi connectivity index (χ1) is 66.4. The second kappa shape index (κ2) is 36.5. The van der Waals surface area contributed by atoms with Gasteiger partial charge in [-0.25, -0.2) is 4.79 Å². The Morgan fingerprint density at radius 1 is 0.386 bits per heavy atom. The molecule has 26 rings (SSSR count). The molecule has 15 nitrogen and oxygen atoms in total. The molecule has 0 amide bonds. The summed E-state index contributed by atoms with van der Waals surface area (Å²) in [5.74, 6) is 19.1. The number of carbonyl (C=O) groups is 6. The van der Waals surface area contributed by atoms with Gasteiger partial charge >= 0.3 is 11.9 Å². The van der Waals surface area contributed by atoms with E-state index in [1.807, 2.05) is 37.4 Å². The van der Waals surface area contributed by atoms with E-state index in [0.29, 0.717) is 101 Å². The molecule has 140 heavy (non-hydrogen) atoms. The summed E-state index contributed by atoms with van der Waals surface area (Å²) in [6, 6.07) is 0. The van der Waals surface area contributed by atoms with Crippen LogP contribution in [0, 0.1) is 190 Å². The maximum Gasteiger partial charge on any atom is 0.330 e. The lowest BCUT2D eigenvalue weighted by Crippen LogP contribution is -2.55. The molecule has 0 aromatic carbocycles. The number of cyclic esters (lactones) is 1. The second-order valence-electron chi connectivity index (χ2n) is 55.8. The molecule has 19 fully saturated rings. The number of fused-ring (bicyclic) bond motifs is 31. The van der Waals surface area contributed by atoms with Crippen LogP contribution in [-0.4, -0.2) is 107 Å². The zero-order valence-electron chi connectivity index (χ0n) is 88.5. The molecular weight excluding hydrogens is 1740 g/mol. The Bertz CT molecular complexity index is 5130. The Labute approximate surface area is 840 Å². The number of aliphatic hydroxyl groups is 5. The molecule has 768 valence electrons. The number of terminal acetylenes is 1. The molecule has 1 aromatic rings. The van der Waals surface area contributed by atoms with Gasteiger partial charge in [-0.2, -0.15) is 0 Å². The molecule has 1 aliphatic heterocycles. The zero-order chi connectivity index (χ0) is 98.6. The number of aliphatic hydroxyl groups excluding tert-OH is 2. The predicted molar refractivity (Wildman–Crippen MR) is 546 cm³/mol. The lowest BCUT2D eigenvalue weighted by atomic mass is 9.46. The van der Waals surface area contributed by atoms with E-state index in [0.717, 1.165) is 245 Å². The van der Waals surface area contributed by atoms with Gasteiger partial charge in [0, 0.05) is 60.0 Å². The highest BCUT2D eigenvalue weighted by molar-refractivity contribution is 5.93. The third kappa shape index (κ3) is 16.1. The average Bonchev–Trinajstić information content (AvgIpc) is 1.49. The van der Waals surface area contributed by atoms with Crippen LogP contribution in [0.3, 0.4) is 0 Å². The molecule has 25 aliphatic rings. The van der Waals surface area contributed by atoms with Gasteiger partial charge in [0.25, 0.3) is 0 Å². The van der Waals surface area contributed by atoms with Crippen molar-refractivity contribution >= 4 is 41.1 Å². The van der Waals surface area contributed by atoms with E-state index in [2.05, 4.69) is 100 Å². The summed E-state index contributed by atoms with van der Waals surface area (Å²) >= 11 is 0. The van der Waals surface area contributed by atoms with Crippen molar-refractivity contribution in [3.05, 3.63) is 81.3 Å². The van der Waals surface area contributed by atoms with E-state index in [4.69, 9.17) is 20.4 Å². The quantitative estimate of drug-likeness (QED) is 0.139. The molecule has 1 aromatic heterocycles. The van der Waals surface area contributed by atoms with Crippen LogP contribution < -0.4 is 0 Å². The summed E-state index contributed by atoms with van der Waals surface area (Å²) in [6.07, 6.45) is 75.8. The van der Waals surface area contributed by atoms with E-state index in [-0.39, 0.29) is 89.8 Å². The van der Waals surface area contributed by atoms with Crippen LogP contribution in [0.2, 0.25) is 0 Å². The van der Waals surface area contributed by atoms with Crippen molar-refractivity contribution in [1.29, 1.82) is 0 Å². The van der Waals surface area contributed by atoms with Gasteiger partial charge in [0.2, 0.25) is 0 Å². The largest absolute Gasteiger partial charge is 0.462 e. The normalized spacial score (nSPS) is 50.0. The average molecular weight is 1920 g/mol. The fraction of sp³-hybridized carbons (Fsp3) is 0.816. The van der Waals surface area contributed by atoms with Gasteiger partial charge in [-0.1, -0.05) is 146 Å². The maximum atomic E-state index is 12.7. The monoisotopic (exact) mass is 1920 g/mol. The third-order valence-corrected chi connectivity index (χ3v) is 50.8. The summed E-state index contributed by atoms with van der Waals surface area (Å²) < 4.78 is 17.0. The van der Waals surface area contributed by atoms with Gasteiger partial charge in [0.15, 0.2) is 28.9 Å². The van der Waals surface area contributed by atoms with Crippen molar-refractivity contribution in [1.82, 2.24) is 5.16 Å². The molecular formula is C125H179NO14. The zero-order valence-corrected chi connectivity index (χ0v) is 88.5. The molecule has 0 bridgehead atoms. The molecule has 36 unspecified atom stereocenters. The summed E-state index contributed by atoms with van der Waals surface area (Å²) in [4.78, 5) is 71.5. The second-order valence-corrected chi connectivity index (χ2v) is 55.8. The Hall–Kier alpha value is -5.37. The van der Waals surface area contributed by atoms with Crippen LogP contribution in [0.15, 0.2) is 74.5 Å². The highest BCUT2D eigenvalue weighted by atomic mass is 16.5. The standard InChI is InChI=1S/C27H40O3.C22H27NO2.C20H30O2.C19H28O3.C19H28O2.C18H26O2/c1-26-15-13-20(28)17-19(26)8-9-21-22-10-11-24(27(22,2)16-14-23(21)26)30-25(29)12-7-18-5-3-4-6-18;1-4-22(24)10-8-18-16-6-5-15-11-19-14(13-23-25-19)12-20(15,2)17(16)7-9-21(18,22)3;1-18-9-6-14(21)12-13(18)4-5-15-16(18)7-10-19(2)17(15)8-11-20(19,3)22;1-17-11-22-16(20)10-12(17)4-5-13-14(17)6-8-18(2)15(13)7-9-19(18,3)21;1-18-9-7-13(20)11-12(18)3-4-14-15-5-6-17(21)19(15,2)10-8-16(14)18;1-18-9-8-14-13-5-3-12(19)10-11(13)2-4-15(14)16(18)6-7-17(18)20/h17-18,21-24H,3-16H2,1-2H3;1,11,13,16-18,24H,5-10,12H2,2-3H3;12,15-17,22H,4-11H2,1-3H3;10,13-15,21H,4-9,11H2,1-3H3;11,14-17,21H,3-10H2,1-2H3;10,13-17,20H,2-9H2,1H3. The summed E-state index contributed by atoms with van der Waals surface area (Å²) in [5.41, 5.74) is 9.58. The number of carbonyl (C=O) groups excluding carboxylic acids is 6. The number of esters is 2.